The molecule has 0 saturated carbocycles. The number of aliphatic imine (C=N–C) groups is 2. The molecule has 0 fully saturated rings. The minimum absolute atomic E-state index is 0.481. The summed E-state index contributed by atoms with van der Waals surface area (Å²) in [4.78, 5) is 14.2. The highest BCUT2D eigenvalue weighted by Crippen LogP contribution is 2.09. The monoisotopic (exact) mass is 181 g/mol. The Balaban J connectivity index is 2.85. The highest BCUT2D eigenvalue weighted by atomic mass is 32.2. The van der Waals surface area contributed by atoms with Crippen molar-refractivity contribution < 1.29 is 0 Å². The molecule has 0 atom stereocenters. The number of amidine groups is 1. The van der Waals surface area contributed by atoms with Crippen LogP contribution in [0.5, 0.6) is 0 Å². The molecule has 1 aromatic heterocycles. The van der Waals surface area contributed by atoms with Gasteiger partial charge in [-0.25, -0.2) is 15.4 Å². The Morgan fingerprint density at radius 3 is 3.17 bits per heavy atom. The van der Waals surface area contributed by atoms with E-state index in [1.54, 1.807) is 6.20 Å². The summed E-state index contributed by atoms with van der Waals surface area (Å²) in [6.07, 6.45) is 4.94. The zero-order chi connectivity index (χ0) is 8.81. The Morgan fingerprint density at radius 1 is 1.83 bits per heavy atom. The maximum atomic E-state index is 6.63. The van der Waals surface area contributed by atoms with Crippen LogP contribution in [0.15, 0.2) is 22.5 Å². The van der Waals surface area contributed by atoms with Crippen molar-refractivity contribution in [2.24, 2.45) is 9.98 Å². The van der Waals surface area contributed by atoms with Crippen molar-refractivity contribution in [1.29, 1.82) is 5.41 Å². The smallest absolute Gasteiger partial charge is 0.199 e. The minimum Gasteiger partial charge on any atom is -0.330 e. The molecule has 6 heteroatoms. The highest BCUT2D eigenvalue weighted by molar-refractivity contribution is 8.13. The van der Waals surface area contributed by atoms with E-state index in [9.17, 15) is 0 Å². The zero-order valence-corrected chi connectivity index (χ0v) is 7.22. The number of hydrogen-bond acceptors (Lipinski definition) is 4. The van der Waals surface area contributed by atoms with Crippen molar-refractivity contribution in [3.63, 3.8) is 0 Å². The molecular formula is C6H7N5S. The van der Waals surface area contributed by atoms with Crippen LogP contribution in [0.2, 0.25) is 0 Å². The first kappa shape index (κ1) is 8.70. The fraction of sp³-hybridized carbons (Fsp3) is 0.167. The van der Waals surface area contributed by atoms with Gasteiger partial charge in [0, 0.05) is 0 Å². The van der Waals surface area contributed by atoms with Crippen molar-refractivity contribution in [2.45, 2.75) is 0 Å². The maximum absolute atomic E-state index is 6.63. The molecule has 1 heterocycles. The summed E-state index contributed by atoms with van der Waals surface area (Å²) >= 11 is 1.35. The van der Waals surface area contributed by atoms with Crippen LogP contribution in [0.25, 0.3) is 0 Å². The molecule has 0 radical (unpaired) electrons. The van der Waals surface area contributed by atoms with Gasteiger partial charge in [0.1, 0.15) is 0 Å². The SMILES string of the molecule is CS/C(N=C=N)=N/c1cnc[nH]1. The summed E-state index contributed by atoms with van der Waals surface area (Å²) in [5.41, 5.74) is 0. The van der Waals surface area contributed by atoms with Crippen LogP contribution in [0.4, 0.5) is 5.82 Å². The molecule has 62 valence electrons. The van der Waals surface area contributed by atoms with Crippen molar-refractivity contribution in [1.82, 2.24) is 9.97 Å². The van der Waals surface area contributed by atoms with Gasteiger partial charge < -0.3 is 4.98 Å². The molecule has 0 aliphatic carbocycles. The van der Waals surface area contributed by atoms with Crippen LogP contribution < -0.4 is 0 Å². The number of nitrogens with one attached hydrogen (secondary N) is 2. The lowest BCUT2D eigenvalue weighted by atomic mass is 10.8. The van der Waals surface area contributed by atoms with Gasteiger partial charge in [0.2, 0.25) is 0 Å². The first-order valence-electron chi connectivity index (χ1n) is 3.10. The average Bonchev–Trinajstić information content (AvgIpc) is 2.56. The van der Waals surface area contributed by atoms with Gasteiger partial charge in [0.25, 0.3) is 0 Å². The summed E-state index contributed by atoms with van der Waals surface area (Å²) in [6, 6.07) is 1.92. The van der Waals surface area contributed by atoms with Crippen molar-refractivity contribution in [2.75, 3.05) is 6.26 Å². The van der Waals surface area contributed by atoms with E-state index in [4.69, 9.17) is 5.41 Å². The second-order valence-electron chi connectivity index (χ2n) is 1.76. The maximum Gasteiger partial charge on any atom is 0.199 e. The van der Waals surface area contributed by atoms with E-state index in [0.29, 0.717) is 11.0 Å². The van der Waals surface area contributed by atoms with Crippen LogP contribution in [-0.2, 0) is 0 Å². The predicted molar refractivity (Wildman–Crippen MR) is 49.4 cm³/mol. The van der Waals surface area contributed by atoms with E-state index in [1.807, 2.05) is 12.3 Å². The average molecular weight is 181 g/mol. The number of H-pyrrole nitrogens is 1. The number of aromatic nitrogens is 2. The van der Waals surface area contributed by atoms with E-state index in [1.165, 1.54) is 18.1 Å². The molecule has 0 spiro atoms. The van der Waals surface area contributed by atoms with E-state index < -0.39 is 0 Å². The normalized spacial score (nSPS) is 10.9. The van der Waals surface area contributed by atoms with Gasteiger partial charge >= 0.3 is 0 Å². The van der Waals surface area contributed by atoms with E-state index in [2.05, 4.69) is 20.0 Å². The molecule has 0 aromatic carbocycles. The van der Waals surface area contributed by atoms with Gasteiger partial charge in [-0.2, -0.15) is 4.99 Å². The summed E-state index contributed by atoms with van der Waals surface area (Å²) in [6.45, 7) is 0. The molecule has 5 nitrogen and oxygen atoms in total. The van der Waals surface area contributed by atoms with Gasteiger partial charge in [0.15, 0.2) is 11.0 Å². The third-order valence-corrected chi connectivity index (χ3v) is 1.58. The Bertz CT molecular complexity index is 309. The molecule has 0 bridgehead atoms. The van der Waals surface area contributed by atoms with Gasteiger partial charge in [-0.15, -0.1) is 0 Å². The summed E-state index contributed by atoms with van der Waals surface area (Å²) in [5.74, 6) is 0.623. The third kappa shape index (κ3) is 2.34. The van der Waals surface area contributed by atoms with Gasteiger partial charge in [0.05, 0.1) is 18.5 Å². The number of rotatable bonds is 1. The summed E-state index contributed by atoms with van der Waals surface area (Å²) in [5, 5.41) is 7.11. The molecule has 12 heavy (non-hydrogen) atoms. The van der Waals surface area contributed by atoms with Gasteiger partial charge in [-0.1, -0.05) is 11.8 Å². The van der Waals surface area contributed by atoms with Crippen molar-refractivity contribution >= 4 is 28.8 Å². The first-order valence-corrected chi connectivity index (χ1v) is 4.33. The summed E-state index contributed by atoms with van der Waals surface area (Å²) < 4.78 is 0. The molecule has 0 aliphatic rings. The van der Waals surface area contributed by atoms with Gasteiger partial charge in [-0.05, 0) is 6.26 Å². The summed E-state index contributed by atoms with van der Waals surface area (Å²) in [7, 11) is 0. The largest absolute Gasteiger partial charge is 0.330 e. The molecular weight excluding hydrogens is 174 g/mol. The van der Waals surface area contributed by atoms with Gasteiger partial charge in [-0.3, -0.25) is 0 Å². The molecule has 1 rings (SSSR count). The minimum atomic E-state index is 0.481. The Kier molecular flexibility index (Phi) is 3.25. The number of imidazole rings is 1. The molecule has 0 amide bonds. The highest BCUT2D eigenvalue weighted by Gasteiger charge is 1.94. The van der Waals surface area contributed by atoms with Crippen molar-refractivity contribution in [3.05, 3.63) is 12.5 Å². The molecule has 0 saturated heterocycles. The lowest BCUT2D eigenvalue weighted by Gasteiger charge is -1.89. The second kappa shape index (κ2) is 4.48. The predicted octanol–water partition coefficient (Wildman–Crippen LogP) is 1.51. The fourth-order valence-electron chi connectivity index (χ4n) is 0.577. The van der Waals surface area contributed by atoms with Crippen LogP contribution in [0.1, 0.15) is 0 Å². The fourth-order valence-corrected chi connectivity index (χ4v) is 0.903. The topological polar surface area (TPSA) is 77.2 Å². The van der Waals surface area contributed by atoms with Crippen LogP contribution in [-0.4, -0.2) is 27.4 Å². The lowest BCUT2D eigenvalue weighted by Crippen LogP contribution is -1.82. The lowest BCUT2D eigenvalue weighted by molar-refractivity contribution is 1.30. The second-order valence-corrected chi connectivity index (χ2v) is 2.53. The number of thioether (sulfide) groups is 1. The first-order chi connectivity index (χ1) is 5.86. The Hall–Kier alpha value is -1.39. The molecule has 1 aromatic rings. The van der Waals surface area contributed by atoms with Crippen LogP contribution in [0, 0.1) is 5.41 Å². The van der Waals surface area contributed by atoms with Crippen molar-refractivity contribution in [3.8, 4) is 0 Å². The Morgan fingerprint density at radius 2 is 2.67 bits per heavy atom. The Labute approximate surface area is 73.6 Å². The quantitative estimate of drug-likeness (QED) is 0.509. The van der Waals surface area contributed by atoms with Crippen LogP contribution >= 0.6 is 11.8 Å². The molecule has 0 aliphatic heterocycles. The molecule has 2 N–H and O–H groups in total. The standard InChI is InChI=1S/C6H7N5S/c1-12-6(9-3-7)11-5-2-8-4-10-5/h2,4,7H,1H3,(H,8,10)/b11-6+. The van der Waals surface area contributed by atoms with E-state index in [-0.39, 0.29) is 0 Å². The van der Waals surface area contributed by atoms with E-state index in [0.717, 1.165) is 0 Å². The number of nitrogens with zero attached hydrogens (tertiary/aromatic N) is 3. The van der Waals surface area contributed by atoms with E-state index >= 15 is 0 Å². The zero-order valence-electron chi connectivity index (χ0n) is 6.40. The third-order valence-electron chi connectivity index (χ3n) is 1.03. The number of hydrogen-bond donors (Lipinski definition) is 2. The molecule has 0 unspecified atom stereocenters. The van der Waals surface area contributed by atoms with Crippen LogP contribution in [0.3, 0.4) is 0 Å². The number of aromatic amines is 1.